The number of nitrogens with one attached hydrogen (secondary N) is 1. The maximum absolute atomic E-state index is 10.2. The third-order valence-corrected chi connectivity index (χ3v) is 1.15. The summed E-state index contributed by atoms with van der Waals surface area (Å²) in [6.07, 6.45) is 0. The molecule has 0 aliphatic rings. The molecule has 0 unspecified atom stereocenters. The van der Waals surface area contributed by atoms with E-state index in [1.54, 1.807) is 12.1 Å². The van der Waals surface area contributed by atoms with E-state index in [0.29, 0.717) is 5.75 Å². The van der Waals surface area contributed by atoms with E-state index in [4.69, 9.17) is 10.5 Å². The van der Waals surface area contributed by atoms with Gasteiger partial charge in [-0.05, 0) is 6.07 Å². The molecule has 1 radical (unpaired) electrons. The van der Waals surface area contributed by atoms with Crippen LogP contribution < -0.4 is 15.8 Å². The molecule has 2 amide bonds. The van der Waals surface area contributed by atoms with Crippen LogP contribution >= 0.6 is 0 Å². The zero-order valence-electron chi connectivity index (χ0n) is 6.41. The Kier molecular flexibility index (Phi) is 2.95. The van der Waals surface area contributed by atoms with E-state index in [1.807, 2.05) is 12.1 Å². The highest BCUT2D eigenvalue weighted by atomic mass is 16.5. The van der Waals surface area contributed by atoms with Gasteiger partial charge in [-0.25, -0.2) is 4.79 Å². The largest absolute Gasteiger partial charge is 0.473 e. The number of urea groups is 1. The van der Waals surface area contributed by atoms with Crippen LogP contribution in [0.4, 0.5) is 4.79 Å². The molecular weight excluding hydrogens is 156 g/mol. The molecule has 3 N–H and O–H groups in total. The van der Waals surface area contributed by atoms with E-state index >= 15 is 0 Å². The topological polar surface area (TPSA) is 64.4 Å². The molecule has 1 rings (SSSR count). The molecule has 0 heterocycles. The van der Waals surface area contributed by atoms with Crippen LogP contribution in [0.1, 0.15) is 0 Å². The number of rotatable bonds is 3. The van der Waals surface area contributed by atoms with Gasteiger partial charge < -0.3 is 15.8 Å². The van der Waals surface area contributed by atoms with Gasteiger partial charge in [0.2, 0.25) is 0 Å². The molecular formula is C8H9N2O2. The molecule has 63 valence electrons. The summed E-state index contributed by atoms with van der Waals surface area (Å²) in [6, 6.07) is 9.33. The second kappa shape index (κ2) is 4.23. The Bertz CT molecular complexity index is 248. The molecule has 4 nitrogen and oxygen atoms in total. The molecule has 1 aromatic carbocycles. The fraction of sp³-hybridized carbons (Fsp3) is 0.125. The molecule has 12 heavy (non-hydrogen) atoms. The fourth-order valence-corrected chi connectivity index (χ4v) is 0.652. The number of hydrogen-bond donors (Lipinski definition) is 2. The first-order valence-corrected chi connectivity index (χ1v) is 3.42. The summed E-state index contributed by atoms with van der Waals surface area (Å²) in [5, 5.41) is 2.29. The zero-order chi connectivity index (χ0) is 8.81. The molecule has 1 aromatic rings. The molecule has 4 heteroatoms. The molecule has 0 aromatic heterocycles. The Morgan fingerprint density at radius 2 is 2.50 bits per heavy atom. The van der Waals surface area contributed by atoms with Crippen molar-refractivity contribution >= 4 is 6.03 Å². The minimum atomic E-state index is -0.606. The zero-order valence-corrected chi connectivity index (χ0v) is 6.41. The normalized spacial score (nSPS) is 9.00. The van der Waals surface area contributed by atoms with Crippen LogP contribution in [0.15, 0.2) is 24.3 Å². The molecule has 0 saturated heterocycles. The summed E-state index contributed by atoms with van der Waals surface area (Å²) in [4.78, 5) is 10.2. The summed E-state index contributed by atoms with van der Waals surface area (Å²) in [7, 11) is 0. The average molecular weight is 165 g/mol. The monoisotopic (exact) mass is 165 g/mol. The molecule has 0 aliphatic carbocycles. The number of benzene rings is 1. The van der Waals surface area contributed by atoms with E-state index < -0.39 is 6.03 Å². The number of amides is 2. The highest BCUT2D eigenvalue weighted by Gasteiger charge is 1.92. The van der Waals surface area contributed by atoms with Crippen molar-refractivity contribution in [3.63, 3.8) is 0 Å². The van der Waals surface area contributed by atoms with Gasteiger partial charge in [-0.3, -0.25) is 0 Å². The van der Waals surface area contributed by atoms with Crippen molar-refractivity contribution in [2.45, 2.75) is 0 Å². The van der Waals surface area contributed by atoms with Crippen LogP contribution in [0.25, 0.3) is 0 Å². The lowest BCUT2D eigenvalue weighted by atomic mass is 10.3. The van der Waals surface area contributed by atoms with Crippen LogP contribution in [0.2, 0.25) is 0 Å². The number of primary amides is 1. The van der Waals surface area contributed by atoms with E-state index in [9.17, 15) is 4.79 Å². The number of para-hydroxylation sites is 1. The lowest BCUT2D eigenvalue weighted by molar-refractivity contribution is 0.231. The van der Waals surface area contributed by atoms with E-state index in [2.05, 4.69) is 11.4 Å². The lowest BCUT2D eigenvalue weighted by Crippen LogP contribution is -2.32. The van der Waals surface area contributed by atoms with Gasteiger partial charge in [-0.2, -0.15) is 0 Å². The Morgan fingerprint density at radius 1 is 1.67 bits per heavy atom. The first-order valence-electron chi connectivity index (χ1n) is 3.42. The molecule has 0 saturated carbocycles. The summed E-state index contributed by atoms with van der Waals surface area (Å²) in [5.41, 5.74) is 4.82. The quantitative estimate of drug-likeness (QED) is 0.640. The first-order chi connectivity index (χ1) is 5.79. The summed E-state index contributed by atoms with van der Waals surface area (Å²) in [6.45, 7) is 0.0653. The summed E-state index contributed by atoms with van der Waals surface area (Å²) in [5.74, 6) is 0.575. The van der Waals surface area contributed by atoms with Gasteiger partial charge in [-0.1, -0.05) is 18.2 Å². The van der Waals surface area contributed by atoms with Crippen molar-refractivity contribution in [3.8, 4) is 5.75 Å². The number of nitrogens with two attached hydrogens (primary N) is 1. The van der Waals surface area contributed by atoms with Crippen LogP contribution in [-0.2, 0) is 0 Å². The smallest absolute Gasteiger partial charge is 0.314 e. The summed E-state index contributed by atoms with van der Waals surface area (Å²) < 4.78 is 5.05. The Morgan fingerprint density at radius 3 is 3.08 bits per heavy atom. The van der Waals surface area contributed by atoms with Gasteiger partial charge in [0.15, 0.2) is 6.73 Å². The standard InChI is InChI=1S/C8H9N2O2/c9-8(11)10-6-12-7-4-2-1-3-5-7/h1-4H,6H2,(H3,9,10,11). The molecule has 0 spiro atoms. The minimum absolute atomic E-state index is 0.0653. The second-order valence-corrected chi connectivity index (χ2v) is 2.06. The number of carbonyl (C=O) groups excluding carboxylic acids is 1. The van der Waals surface area contributed by atoms with Crippen molar-refractivity contribution in [2.75, 3.05) is 6.73 Å². The minimum Gasteiger partial charge on any atom is -0.473 e. The van der Waals surface area contributed by atoms with E-state index in [0.717, 1.165) is 0 Å². The van der Waals surface area contributed by atoms with Gasteiger partial charge in [0.1, 0.15) is 5.75 Å². The summed E-state index contributed by atoms with van der Waals surface area (Å²) >= 11 is 0. The van der Waals surface area contributed by atoms with Crippen LogP contribution in [0, 0.1) is 6.07 Å². The van der Waals surface area contributed by atoms with Gasteiger partial charge in [0, 0.05) is 6.07 Å². The highest BCUT2D eigenvalue weighted by molar-refractivity contribution is 5.71. The number of carbonyl (C=O) groups is 1. The lowest BCUT2D eigenvalue weighted by Gasteiger charge is -2.04. The predicted octanol–water partition coefficient (Wildman–Crippen LogP) is 0.491. The SMILES string of the molecule is NC(=O)NCOc1[c]cccc1. The number of hydrogen-bond acceptors (Lipinski definition) is 2. The first kappa shape index (κ1) is 8.39. The van der Waals surface area contributed by atoms with Gasteiger partial charge in [0.25, 0.3) is 0 Å². The predicted molar refractivity (Wildman–Crippen MR) is 43.5 cm³/mol. The third-order valence-electron chi connectivity index (χ3n) is 1.15. The third kappa shape index (κ3) is 2.92. The van der Waals surface area contributed by atoms with Crippen molar-refractivity contribution in [1.29, 1.82) is 0 Å². The molecule has 0 atom stereocenters. The maximum atomic E-state index is 10.2. The molecule has 0 fully saturated rings. The number of ether oxygens (including phenoxy) is 1. The van der Waals surface area contributed by atoms with Gasteiger partial charge >= 0.3 is 6.03 Å². The molecule has 0 bridgehead atoms. The molecule has 0 aliphatic heterocycles. The van der Waals surface area contributed by atoms with Crippen LogP contribution in [-0.4, -0.2) is 12.8 Å². The van der Waals surface area contributed by atoms with Gasteiger partial charge in [-0.15, -0.1) is 0 Å². The Balaban J connectivity index is 2.29. The van der Waals surface area contributed by atoms with Crippen molar-refractivity contribution in [2.24, 2.45) is 5.73 Å². The van der Waals surface area contributed by atoms with Crippen LogP contribution in [0.3, 0.4) is 0 Å². The Hall–Kier alpha value is -1.71. The maximum Gasteiger partial charge on any atom is 0.314 e. The van der Waals surface area contributed by atoms with Crippen molar-refractivity contribution in [1.82, 2.24) is 5.32 Å². The fourth-order valence-electron chi connectivity index (χ4n) is 0.652. The van der Waals surface area contributed by atoms with E-state index in [1.165, 1.54) is 0 Å². The Labute approximate surface area is 70.3 Å². The highest BCUT2D eigenvalue weighted by Crippen LogP contribution is 2.05. The van der Waals surface area contributed by atoms with Crippen molar-refractivity contribution in [3.05, 3.63) is 30.3 Å². The van der Waals surface area contributed by atoms with Crippen LogP contribution in [0.5, 0.6) is 5.75 Å². The average Bonchev–Trinajstić information content (AvgIpc) is 2.05. The second-order valence-electron chi connectivity index (χ2n) is 2.06. The van der Waals surface area contributed by atoms with Gasteiger partial charge in [0.05, 0.1) is 0 Å². The van der Waals surface area contributed by atoms with Crippen molar-refractivity contribution < 1.29 is 9.53 Å². The van der Waals surface area contributed by atoms with E-state index in [-0.39, 0.29) is 6.73 Å².